The standard InChI is InChI=1S/C22H27N5/c1-3-14-27(15-4-2)21-16-20(24-17-18-10-12-23-13-11-18)25-22(26-21)19-8-6-5-7-9-19/h5-13,16H,3-4,14-15,17H2,1-2H3,(H,24,25,26). The molecule has 0 aliphatic heterocycles. The van der Waals surface area contributed by atoms with Gasteiger partial charge in [0.15, 0.2) is 5.82 Å². The third-order valence-electron chi connectivity index (χ3n) is 4.28. The van der Waals surface area contributed by atoms with Crippen molar-refractivity contribution in [3.05, 3.63) is 66.5 Å². The third kappa shape index (κ3) is 5.26. The van der Waals surface area contributed by atoms with Gasteiger partial charge in [0, 0.05) is 43.7 Å². The van der Waals surface area contributed by atoms with E-state index in [0.29, 0.717) is 6.54 Å². The van der Waals surface area contributed by atoms with Crippen LogP contribution in [0.3, 0.4) is 0 Å². The molecule has 5 heteroatoms. The van der Waals surface area contributed by atoms with Gasteiger partial charge in [0.25, 0.3) is 0 Å². The second-order valence-corrected chi connectivity index (χ2v) is 6.50. The highest BCUT2D eigenvalue weighted by atomic mass is 15.2. The molecule has 0 bridgehead atoms. The minimum atomic E-state index is 0.703. The lowest BCUT2D eigenvalue weighted by Gasteiger charge is -2.23. The maximum absolute atomic E-state index is 4.86. The van der Waals surface area contributed by atoms with E-state index in [4.69, 9.17) is 9.97 Å². The van der Waals surface area contributed by atoms with Crippen molar-refractivity contribution in [1.29, 1.82) is 0 Å². The van der Waals surface area contributed by atoms with E-state index in [-0.39, 0.29) is 0 Å². The number of anilines is 2. The topological polar surface area (TPSA) is 53.9 Å². The number of rotatable bonds is 9. The molecule has 0 aliphatic carbocycles. The van der Waals surface area contributed by atoms with E-state index >= 15 is 0 Å². The second kappa shape index (κ2) is 9.67. The van der Waals surface area contributed by atoms with Gasteiger partial charge in [-0.15, -0.1) is 0 Å². The minimum absolute atomic E-state index is 0.703. The van der Waals surface area contributed by atoms with Gasteiger partial charge in [-0.1, -0.05) is 44.2 Å². The van der Waals surface area contributed by atoms with Crippen LogP contribution in [0.5, 0.6) is 0 Å². The largest absolute Gasteiger partial charge is 0.366 e. The number of hydrogen-bond donors (Lipinski definition) is 1. The highest BCUT2D eigenvalue weighted by molar-refractivity contribution is 5.61. The number of benzene rings is 1. The van der Waals surface area contributed by atoms with Gasteiger partial charge < -0.3 is 10.2 Å². The van der Waals surface area contributed by atoms with Gasteiger partial charge in [0.05, 0.1) is 0 Å². The van der Waals surface area contributed by atoms with Crippen LogP contribution in [-0.4, -0.2) is 28.0 Å². The maximum Gasteiger partial charge on any atom is 0.163 e. The average Bonchev–Trinajstić information content (AvgIpc) is 2.73. The minimum Gasteiger partial charge on any atom is -0.366 e. The van der Waals surface area contributed by atoms with E-state index < -0.39 is 0 Å². The van der Waals surface area contributed by atoms with Crippen LogP contribution >= 0.6 is 0 Å². The van der Waals surface area contributed by atoms with Crippen molar-refractivity contribution >= 4 is 11.6 Å². The van der Waals surface area contributed by atoms with Crippen LogP contribution in [-0.2, 0) is 6.54 Å². The molecule has 0 atom stereocenters. The van der Waals surface area contributed by atoms with Crippen LogP contribution in [0.1, 0.15) is 32.3 Å². The molecule has 3 aromatic rings. The number of aromatic nitrogens is 3. The Balaban J connectivity index is 1.92. The van der Waals surface area contributed by atoms with Gasteiger partial charge in [-0.05, 0) is 30.5 Å². The molecule has 0 spiro atoms. The van der Waals surface area contributed by atoms with Gasteiger partial charge in [0.2, 0.25) is 0 Å². The van der Waals surface area contributed by atoms with Gasteiger partial charge in [-0.25, -0.2) is 9.97 Å². The zero-order valence-electron chi connectivity index (χ0n) is 16.1. The lowest BCUT2D eigenvalue weighted by Crippen LogP contribution is -2.26. The first-order valence-corrected chi connectivity index (χ1v) is 9.62. The fourth-order valence-electron chi connectivity index (χ4n) is 2.98. The smallest absolute Gasteiger partial charge is 0.163 e. The summed E-state index contributed by atoms with van der Waals surface area (Å²) < 4.78 is 0. The summed E-state index contributed by atoms with van der Waals surface area (Å²) in [4.78, 5) is 16.0. The Bertz CT molecular complexity index is 815. The van der Waals surface area contributed by atoms with Crippen molar-refractivity contribution in [2.75, 3.05) is 23.3 Å². The summed E-state index contributed by atoms with van der Waals surface area (Å²) in [5, 5.41) is 3.45. The van der Waals surface area contributed by atoms with Crippen LogP contribution in [0.25, 0.3) is 11.4 Å². The molecule has 1 aromatic carbocycles. The van der Waals surface area contributed by atoms with Gasteiger partial charge >= 0.3 is 0 Å². The summed E-state index contributed by atoms with van der Waals surface area (Å²) >= 11 is 0. The first kappa shape index (κ1) is 18.8. The molecule has 0 unspecified atom stereocenters. The molecular formula is C22H27N5. The second-order valence-electron chi connectivity index (χ2n) is 6.50. The van der Waals surface area contributed by atoms with Gasteiger partial charge in [0.1, 0.15) is 11.6 Å². The SMILES string of the molecule is CCCN(CCC)c1cc(NCc2ccncc2)nc(-c2ccccc2)n1. The molecular weight excluding hydrogens is 334 g/mol. The average molecular weight is 361 g/mol. The Labute approximate surface area is 161 Å². The van der Waals surface area contributed by atoms with Crippen molar-refractivity contribution in [2.45, 2.75) is 33.2 Å². The maximum atomic E-state index is 4.86. The fourth-order valence-corrected chi connectivity index (χ4v) is 2.98. The Morgan fingerprint density at radius 1 is 0.889 bits per heavy atom. The van der Waals surface area contributed by atoms with Crippen LogP contribution in [0.15, 0.2) is 60.9 Å². The molecule has 140 valence electrons. The van der Waals surface area contributed by atoms with Crippen molar-refractivity contribution in [1.82, 2.24) is 15.0 Å². The Morgan fingerprint density at radius 3 is 2.26 bits per heavy atom. The van der Waals surface area contributed by atoms with Crippen molar-refractivity contribution in [3.8, 4) is 11.4 Å². The van der Waals surface area contributed by atoms with E-state index in [1.165, 1.54) is 5.56 Å². The van der Waals surface area contributed by atoms with Crippen LogP contribution in [0.4, 0.5) is 11.6 Å². The lowest BCUT2D eigenvalue weighted by molar-refractivity contribution is 0.733. The summed E-state index contributed by atoms with van der Waals surface area (Å²) in [6, 6.07) is 16.2. The van der Waals surface area contributed by atoms with Crippen molar-refractivity contribution in [2.24, 2.45) is 0 Å². The number of nitrogens with one attached hydrogen (secondary N) is 1. The van der Waals surface area contributed by atoms with E-state index in [2.05, 4.69) is 47.2 Å². The first-order valence-electron chi connectivity index (χ1n) is 9.62. The molecule has 2 aromatic heterocycles. The molecule has 27 heavy (non-hydrogen) atoms. The van der Waals surface area contributed by atoms with Gasteiger partial charge in [-0.3, -0.25) is 4.98 Å². The summed E-state index contributed by atoms with van der Waals surface area (Å²) in [6.45, 7) is 7.08. The molecule has 1 N–H and O–H groups in total. The van der Waals surface area contributed by atoms with Crippen LogP contribution in [0, 0.1) is 0 Å². The normalized spacial score (nSPS) is 10.6. The summed E-state index contributed by atoms with van der Waals surface area (Å²) in [6.07, 6.45) is 5.79. The molecule has 5 nitrogen and oxygen atoms in total. The van der Waals surface area contributed by atoms with Crippen molar-refractivity contribution in [3.63, 3.8) is 0 Å². The zero-order valence-corrected chi connectivity index (χ0v) is 16.1. The zero-order chi connectivity index (χ0) is 18.9. The Kier molecular flexibility index (Phi) is 6.74. The number of nitrogens with zero attached hydrogens (tertiary/aromatic N) is 4. The van der Waals surface area contributed by atoms with E-state index in [1.807, 2.05) is 42.7 Å². The molecule has 0 fully saturated rings. The van der Waals surface area contributed by atoms with Crippen LogP contribution < -0.4 is 10.2 Å². The van der Waals surface area contributed by atoms with Gasteiger partial charge in [-0.2, -0.15) is 0 Å². The Morgan fingerprint density at radius 2 is 1.59 bits per heavy atom. The first-order chi connectivity index (χ1) is 13.3. The molecule has 0 saturated heterocycles. The summed E-state index contributed by atoms with van der Waals surface area (Å²) in [5.74, 6) is 2.57. The quantitative estimate of drug-likeness (QED) is 0.594. The predicted molar refractivity (Wildman–Crippen MR) is 112 cm³/mol. The summed E-state index contributed by atoms with van der Waals surface area (Å²) in [5.41, 5.74) is 2.20. The Hall–Kier alpha value is -2.95. The van der Waals surface area contributed by atoms with Crippen LogP contribution in [0.2, 0.25) is 0 Å². The third-order valence-corrected chi connectivity index (χ3v) is 4.28. The lowest BCUT2D eigenvalue weighted by atomic mass is 10.2. The molecule has 2 heterocycles. The number of pyridine rings is 1. The monoisotopic (exact) mass is 361 g/mol. The summed E-state index contributed by atoms with van der Waals surface area (Å²) in [7, 11) is 0. The van der Waals surface area contributed by atoms with Crippen molar-refractivity contribution < 1.29 is 0 Å². The number of hydrogen-bond acceptors (Lipinski definition) is 5. The molecule has 0 radical (unpaired) electrons. The van der Waals surface area contributed by atoms with E-state index in [1.54, 1.807) is 0 Å². The highest BCUT2D eigenvalue weighted by Crippen LogP contribution is 2.23. The predicted octanol–water partition coefficient (Wildman–Crippen LogP) is 4.78. The molecule has 3 rings (SSSR count). The molecule has 0 saturated carbocycles. The fraction of sp³-hybridized carbons (Fsp3) is 0.318. The van der Waals surface area contributed by atoms with E-state index in [9.17, 15) is 0 Å². The molecule has 0 aliphatic rings. The highest BCUT2D eigenvalue weighted by Gasteiger charge is 2.12. The van der Waals surface area contributed by atoms with E-state index in [0.717, 1.165) is 49.0 Å². The molecule has 0 amide bonds.